The molecule has 1 saturated heterocycles. The Labute approximate surface area is 198 Å². The van der Waals surface area contributed by atoms with Gasteiger partial charge in [-0.1, -0.05) is 12.1 Å². The van der Waals surface area contributed by atoms with Gasteiger partial charge in [-0.05, 0) is 62.1 Å². The number of methoxy groups -OCH3 is 1. The highest BCUT2D eigenvalue weighted by atomic mass is 19.1. The molecule has 2 heterocycles. The fraction of sp³-hybridized carbons (Fsp3) is 0.444. The van der Waals surface area contributed by atoms with E-state index < -0.39 is 11.6 Å². The van der Waals surface area contributed by atoms with Crippen molar-refractivity contribution in [3.05, 3.63) is 64.8 Å². The van der Waals surface area contributed by atoms with Gasteiger partial charge in [-0.3, -0.25) is 4.90 Å². The number of ether oxygens (including phenoxy) is 2. The second-order valence-electron chi connectivity index (χ2n) is 9.81. The molecule has 1 aliphatic carbocycles. The lowest BCUT2D eigenvalue weighted by Crippen LogP contribution is -2.40. The molecule has 34 heavy (non-hydrogen) atoms. The first-order valence-electron chi connectivity index (χ1n) is 11.8. The molecule has 2 fully saturated rings. The zero-order valence-electron chi connectivity index (χ0n) is 19.8. The number of aryl methyl sites for hydroxylation is 1. The molecule has 1 aliphatic heterocycles. The van der Waals surface area contributed by atoms with E-state index >= 15 is 0 Å². The summed E-state index contributed by atoms with van der Waals surface area (Å²) in [4.78, 5) is 17.1. The van der Waals surface area contributed by atoms with E-state index in [-0.39, 0.29) is 23.8 Å². The first-order valence-corrected chi connectivity index (χ1v) is 11.8. The van der Waals surface area contributed by atoms with Crippen LogP contribution >= 0.6 is 0 Å². The van der Waals surface area contributed by atoms with E-state index in [0.717, 1.165) is 52.7 Å². The van der Waals surface area contributed by atoms with Crippen molar-refractivity contribution in [3.63, 3.8) is 0 Å². The fourth-order valence-corrected chi connectivity index (χ4v) is 5.20. The van der Waals surface area contributed by atoms with Gasteiger partial charge < -0.3 is 19.6 Å². The normalized spacial score (nSPS) is 27.1. The van der Waals surface area contributed by atoms with Crippen LogP contribution in [-0.2, 0) is 11.3 Å². The second kappa shape index (κ2) is 8.71. The number of alkyl halides is 1. The summed E-state index contributed by atoms with van der Waals surface area (Å²) in [6, 6.07) is 11.2. The first kappa shape index (κ1) is 22.9. The summed E-state index contributed by atoms with van der Waals surface area (Å²) in [5.74, 6) is -0.0856. The van der Waals surface area contributed by atoms with E-state index in [0.29, 0.717) is 13.0 Å². The Morgan fingerprint density at radius 1 is 1.29 bits per heavy atom. The van der Waals surface area contributed by atoms with E-state index in [1.165, 1.54) is 0 Å². The second-order valence-corrected chi connectivity index (χ2v) is 9.81. The Morgan fingerprint density at radius 3 is 2.68 bits per heavy atom. The summed E-state index contributed by atoms with van der Waals surface area (Å²) >= 11 is 0. The number of H-pyrrole nitrogens is 1. The van der Waals surface area contributed by atoms with Crippen LogP contribution in [0.3, 0.4) is 0 Å². The maximum absolute atomic E-state index is 14.1. The monoisotopic (exact) mass is 466 g/mol. The Hall–Kier alpha value is -2.90. The third-order valence-corrected chi connectivity index (χ3v) is 7.35. The van der Waals surface area contributed by atoms with Crippen molar-refractivity contribution in [2.75, 3.05) is 13.7 Å². The van der Waals surface area contributed by atoms with Crippen LogP contribution in [0.5, 0.6) is 5.75 Å². The molecular formula is C27H31FN2O4. The number of halogens is 1. The van der Waals surface area contributed by atoms with Crippen LogP contribution in [0.4, 0.5) is 4.39 Å². The number of aromatic carboxylic acids is 1. The predicted octanol–water partition coefficient (Wildman–Crippen LogP) is 5.41. The third kappa shape index (κ3) is 4.30. The lowest BCUT2D eigenvalue weighted by Gasteiger charge is -2.40. The van der Waals surface area contributed by atoms with Gasteiger partial charge in [0, 0.05) is 48.2 Å². The van der Waals surface area contributed by atoms with Gasteiger partial charge in [0.15, 0.2) is 0 Å². The van der Waals surface area contributed by atoms with Crippen molar-refractivity contribution in [3.8, 4) is 5.75 Å². The maximum Gasteiger partial charge on any atom is 0.335 e. The molecule has 0 amide bonds. The zero-order valence-corrected chi connectivity index (χ0v) is 19.8. The molecule has 2 unspecified atom stereocenters. The van der Waals surface area contributed by atoms with Crippen LogP contribution < -0.4 is 4.74 Å². The Balaban J connectivity index is 1.45. The van der Waals surface area contributed by atoms with Crippen LogP contribution in [0.25, 0.3) is 10.9 Å². The lowest BCUT2D eigenvalue weighted by molar-refractivity contribution is -0.0411. The minimum atomic E-state index is -1.22. The van der Waals surface area contributed by atoms with Crippen LogP contribution in [-0.4, -0.2) is 52.5 Å². The number of hydrogen-bond donors (Lipinski definition) is 2. The molecule has 2 N–H and O–H groups in total. The average Bonchev–Trinajstić information content (AvgIpc) is 3.19. The van der Waals surface area contributed by atoms with E-state index in [4.69, 9.17) is 9.47 Å². The number of carboxylic acid groups (broad SMARTS) is 1. The number of aromatic amines is 1. The number of piperidine rings is 1. The molecule has 6 nitrogen and oxygen atoms in total. The van der Waals surface area contributed by atoms with Gasteiger partial charge in [-0.2, -0.15) is 0 Å². The van der Waals surface area contributed by atoms with Gasteiger partial charge in [0.25, 0.3) is 0 Å². The van der Waals surface area contributed by atoms with Gasteiger partial charge >= 0.3 is 5.97 Å². The quantitative estimate of drug-likeness (QED) is 0.487. The zero-order chi connectivity index (χ0) is 24.0. The smallest absolute Gasteiger partial charge is 0.335 e. The number of carbonyl (C=O) groups is 1. The number of rotatable bonds is 7. The molecule has 0 radical (unpaired) electrons. The van der Waals surface area contributed by atoms with Crippen molar-refractivity contribution in [1.82, 2.24) is 9.88 Å². The number of nitrogens with one attached hydrogen (secondary N) is 1. The number of aromatic nitrogens is 1. The minimum Gasteiger partial charge on any atom is -0.496 e. The van der Waals surface area contributed by atoms with Crippen LogP contribution in [0.2, 0.25) is 0 Å². The number of likely N-dealkylation sites (tertiary alicyclic amines) is 1. The molecule has 3 aromatic rings. The molecule has 7 heteroatoms. The molecule has 1 aromatic heterocycles. The molecule has 2 aromatic carbocycles. The molecule has 0 spiro atoms. The summed E-state index contributed by atoms with van der Waals surface area (Å²) in [6.45, 7) is 5.13. The van der Waals surface area contributed by atoms with Gasteiger partial charge in [-0.25, -0.2) is 9.18 Å². The third-order valence-electron chi connectivity index (χ3n) is 7.35. The van der Waals surface area contributed by atoms with Crippen molar-refractivity contribution in [2.24, 2.45) is 0 Å². The van der Waals surface area contributed by atoms with Crippen molar-refractivity contribution >= 4 is 16.9 Å². The molecule has 180 valence electrons. The first-order chi connectivity index (χ1) is 16.3. The van der Waals surface area contributed by atoms with Gasteiger partial charge in [0.2, 0.25) is 0 Å². The van der Waals surface area contributed by atoms with Gasteiger partial charge in [-0.15, -0.1) is 0 Å². The van der Waals surface area contributed by atoms with Crippen LogP contribution in [0, 0.1) is 6.92 Å². The number of carboxylic acids is 1. The molecule has 2 aliphatic rings. The van der Waals surface area contributed by atoms with Crippen LogP contribution in [0.15, 0.2) is 42.6 Å². The van der Waals surface area contributed by atoms with E-state index in [1.807, 2.05) is 18.3 Å². The Kier molecular flexibility index (Phi) is 5.86. The predicted molar refractivity (Wildman–Crippen MR) is 128 cm³/mol. The van der Waals surface area contributed by atoms with Gasteiger partial charge in [0.05, 0.1) is 24.9 Å². The lowest BCUT2D eigenvalue weighted by atomic mass is 9.91. The molecule has 1 saturated carbocycles. The molecule has 4 atom stereocenters. The summed E-state index contributed by atoms with van der Waals surface area (Å²) < 4.78 is 26.0. The number of hydrogen-bond acceptors (Lipinski definition) is 4. The Bertz CT molecular complexity index is 1200. The maximum atomic E-state index is 14.1. The van der Waals surface area contributed by atoms with Crippen LogP contribution in [0.1, 0.15) is 59.3 Å². The largest absolute Gasteiger partial charge is 0.496 e. The van der Waals surface area contributed by atoms with Crippen molar-refractivity contribution in [2.45, 2.75) is 63.6 Å². The summed E-state index contributed by atoms with van der Waals surface area (Å²) in [6.07, 6.45) is 3.60. The van der Waals surface area contributed by atoms with Gasteiger partial charge in [0.1, 0.15) is 11.4 Å². The highest BCUT2D eigenvalue weighted by Gasteiger charge is 2.53. The molecular weight excluding hydrogens is 435 g/mol. The highest BCUT2D eigenvalue weighted by Crippen LogP contribution is 2.45. The van der Waals surface area contributed by atoms with E-state index in [1.54, 1.807) is 26.2 Å². The van der Waals surface area contributed by atoms with E-state index in [2.05, 4.69) is 28.9 Å². The topological polar surface area (TPSA) is 74.8 Å². The number of nitrogens with zero attached hydrogens (tertiary/aromatic N) is 1. The summed E-state index contributed by atoms with van der Waals surface area (Å²) in [5, 5.41) is 10.4. The summed E-state index contributed by atoms with van der Waals surface area (Å²) in [5.41, 5.74) is 3.44. The Morgan fingerprint density at radius 2 is 2.03 bits per heavy atom. The fourth-order valence-electron chi connectivity index (χ4n) is 5.20. The van der Waals surface area contributed by atoms with Crippen molar-refractivity contribution in [1.29, 1.82) is 0 Å². The highest BCUT2D eigenvalue weighted by molar-refractivity contribution is 5.88. The van der Waals surface area contributed by atoms with E-state index in [9.17, 15) is 14.3 Å². The standard InChI is InChI=1S/C27H31FN2O4/c1-16-12-23(33-3)21(20-8-10-29-25(16)20)15-30-11-9-19(34-24-14-27(24,2)28)13-22(30)17-4-6-18(7-5-17)26(31)32/h4-8,10,12,19,22,24,29H,9,11,13-15H2,1-3H3,(H,31,32)/t19-,22-,24?,27?/m0/s1. The number of benzene rings is 2. The molecule has 5 rings (SSSR count). The number of fused-ring (bicyclic) bond motifs is 1. The molecule has 0 bridgehead atoms. The minimum absolute atomic E-state index is 0.0196. The van der Waals surface area contributed by atoms with Crippen molar-refractivity contribution < 1.29 is 23.8 Å². The SMILES string of the molecule is COc1cc(C)c2[nH]ccc2c1CN1CC[C@H](OC2CC2(C)F)C[C@H]1c1ccc(C(=O)O)cc1. The summed E-state index contributed by atoms with van der Waals surface area (Å²) in [7, 11) is 1.70. The average molecular weight is 467 g/mol.